The fourth-order valence-corrected chi connectivity index (χ4v) is 3.49. The molecule has 3 rings (SSSR count). The molecular formula is C16H10BrCl3N2O2. The summed E-state index contributed by atoms with van der Waals surface area (Å²) in [4.78, 5) is 17.8. The second-order valence-corrected chi connectivity index (χ2v) is 7.77. The van der Waals surface area contributed by atoms with Crippen molar-refractivity contribution in [3.8, 4) is 17.3 Å². The minimum absolute atomic E-state index is 0.0167. The third-order valence-electron chi connectivity index (χ3n) is 3.99. The normalized spacial score (nSPS) is 15.0. The molecule has 0 amide bonds. The molecule has 1 aliphatic carbocycles. The Bertz CT molecular complexity index is 898. The first-order chi connectivity index (χ1) is 11.3. The molecule has 1 aromatic heterocycles. The SMILES string of the molecule is CC1(C(=O)On2c(Cl)c(C#N)c(Br)c2-c2ccc(Cl)c(Cl)c2)CC1. The maximum absolute atomic E-state index is 12.3. The van der Waals surface area contributed by atoms with Crippen molar-refractivity contribution in [2.45, 2.75) is 19.8 Å². The number of rotatable bonds is 3. The molecule has 8 heteroatoms. The predicted molar refractivity (Wildman–Crippen MR) is 96.2 cm³/mol. The second-order valence-electron chi connectivity index (χ2n) is 5.80. The summed E-state index contributed by atoms with van der Waals surface area (Å²) in [5, 5.41) is 10.1. The molecule has 124 valence electrons. The standard InChI is InChI=1S/C16H10BrCl3N2O2/c1-16(4-5-16)15(23)24-22-13(12(17)9(7-21)14(22)20)8-2-3-10(18)11(19)6-8/h2-3,6H,4-5H2,1H3. The highest BCUT2D eigenvalue weighted by molar-refractivity contribution is 9.10. The van der Waals surface area contributed by atoms with E-state index in [0.717, 1.165) is 17.6 Å². The second kappa shape index (κ2) is 6.27. The first kappa shape index (κ1) is 17.6. The molecule has 24 heavy (non-hydrogen) atoms. The highest BCUT2D eigenvalue weighted by Crippen LogP contribution is 2.46. The van der Waals surface area contributed by atoms with E-state index in [0.29, 0.717) is 25.8 Å². The lowest BCUT2D eigenvalue weighted by atomic mass is 10.1. The predicted octanol–water partition coefficient (Wildman–Crippen LogP) is 5.50. The first-order valence-electron chi connectivity index (χ1n) is 6.96. The van der Waals surface area contributed by atoms with Gasteiger partial charge in [0, 0.05) is 5.56 Å². The number of nitriles is 1. The van der Waals surface area contributed by atoms with Crippen LogP contribution in [0.4, 0.5) is 0 Å². The summed E-state index contributed by atoms with van der Waals surface area (Å²) < 4.78 is 1.58. The summed E-state index contributed by atoms with van der Waals surface area (Å²) in [6.07, 6.45) is 1.53. The minimum Gasteiger partial charge on any atom is -0.334 e. The largest absolute Gasteiger partial charge is 0.338 e. The van der Waals surface area contributed by atoms with Gasteiger partial charge in [-0.25, -0.2) is 4.79 Å². The van der Waals surface area contributed by atoms with Crippen LogP contribution in [0, 0.1) is 16.7 Å². The van der Waals surface area contributed by atoms with Crippen molar-refractivity contribution >= 4 is 56.7 Å². The van der Waals surface area contributed by atoms with Crippen LogP contribution in [0.5, 0.6) is 0 Å². The number of nitrogens with zero attached hydrogens (tertiary/aromatic N) is 2. The van der Waals surface area contributed by atoms with Gasteiger partial charge in [-0.3, -0.25) is 0 Å². The Morgan fingerprint density at radius 3 is 2.54 bits per heavy atom. The fourth-order valence-electron chi connectivity index (χ4n) is 2.15. The van der Waals surface area contributed by atoms with Crippen molar-refractivity contribution in [1.29, 1.82) is 5.26 Å². The number of carbonyl (C=O) groups is 1. The van der Waals surface area contributed by atoms with Gasteiger partial charge in [-0.1, -0.05) is 40.9 Å². The number of aromatic nitrogens is 1. The molecule has 4 nitrogen and oxygen atoms in total. The average Bonchev–Trinajstić information content (AvgIpc) is 3.24. The van der Waals surface area contributed by atoms with Crippen molar-refractivity contribution in [3.63, 3.8) is 0 Å². The molecule has 0 atom stereocenters. The lowest BCUT2D eigenvalue weighted by Crippen LogP contribution is -2.27. The molecule has 0 radical (unpaired) electrons. The van der Waals surface area contributed by atoms with Crippen LogP contribution in [0.2, 0.25) is 15.2 Å². The highest BCUT2D eigenvalue weighted by atomic mass is 79.9. The molecule has 1 fully saturated rings. The van der Waals surface area contributed by atoms with E-state index < -0.39 is 11.4 Å². The molecule has 0 aliphatic heterocycles. The summed E-state index contributed by atoms with van der Waals surface area (Å²) in [6, 6.07) is 6.93. The van der Waals surface area contributed by atoms with Crippen molar-refractivity contribution in [3.05, 3.63) is 43.4 Å². The van der Waals surface area contributed by atoms with Crippen LogP contribution in [0.15, 0.2) is 22.7 Å². The van der Waals surface area contributed by atoms with Crippen LogP contribution in [-0.4, -0.2) is 10.7 Å². The molecule has 1 saturated carbocycles. The zero-order chi connectivity index (χ0) is 17.6. The minimum atomic E-state index is -0.498. The maximum Gasteiger partial charge on any atom is 0.338 e. The summed E-state index contributed by atoms with van der Waals surface area (Å²) in [6.45, 7) is 1.83. The van der Waals surface area contributed by atoms with Gasteiger partial charge in [-0.2, -0.15) is 9.99 Å². The molecule has 0 saturated heterocycles. The van der Waals surface area contributed by atoms with Crippen molar-refractivity contribution in [1.82, 2.24) is 4.73 Å². The van der Waals surface area contributed by atoms with Crippen LogP contribution in [-0.2, 0) is 4.79 Å². The lowest BCUT2D eigenvalue weighted by molar-refractivity contribution is -0.149. The van der Waals surface area contributed by atoms with Crippen LogP contribution >= 0.6 is 50.7 Å². The zero-order valence-corrected chi connectivity index (χ0v) is 16.2. The number of carbonyl (C=O) groups excluding carboxylic acids is 1. The van der Waals surface area contributed by atoms with Crippen molar-refractivity contribution in [2.24, 2.45) is 5.41 Å². The Hall–Kier alpha value is -1.19. The van der Waals surface area contributed by atoms with Gasteiger partial charge in [0.05, 0.1) is 19.9 Å². The van der Waals surface area contributed by atoms with E-state index in [2.05, 4.69) is 15.9 Å². The molecule has 0 spiro atoms. The van der Waals surface area contributed by atoms with E-state index in [-0.39, 0.29) is 10.7 Å². The van der Waals surface area contributed by atoms with Gasteiger partial charge >= 0.3 is 5.97 Å². The first-order valence-corrected chi connectivity index (χ1v) is 8.89. The third kappa shape index (κ3) is 2.93. The zero-order valence-electron chi connectivity index (χ0n) is 12.4. The van der Waals surface area contributed by atoms with Gasteiger partial charge in [0.25, 0.3) is 0 Å². The molecule has 1 aliphatic rings. The fraction of sp³-hybridized carbons (Fsp3) is 0.250. The van der Waals surface area contributed by atoms with Crippen LogP contribution in [0.25, 0.3) is 11.3 Å². The summed E-state index contributed by atoms with van der Waals surface area (Å²) in [5.41, 5.74) is 0.703. The van der Waals surface area contributed by atoms with Gasteiger partial charge in [-0.15, -0.1) is 0 Å². The van der Waals surface area contributed by atoms with Gasteiger partial charge < -0.3 is 4.84 Å². The lowest BCUT2D eigenvalue weighted by Gasteiger charge is -2.14. The quantitative estimate of drug-likeness (QED) is 0.623. The van der Waals surface area contributed by atoms with E-state index in [1.165, 1.54) is 0 Å². The average molecular weight is 449 g/mol. The molecule has 0 N–H and O–H groups in total. The Morgan fingerprint density at radius 2 is 2.00 bits per heavy atom. The van der Waals surface area contributed by atoms with E-state index in [1.807, 2.05) is 13.0 Å². The molecule has 1 heterocycles. The Labute approximate surface area is 161 Å². The molecule has 1 aromatic carbocycles. The summed E-state index contributed by atoms with van der Waals surface area (Å²) in [5.74, 6) is -0.391. The van der Waals surface area contributed by atoms with E-state index in [4.69, 9.17) is 39.6 Å². The van der Waals surface area contributed by atoms with E-state index in [1.54, 1.807) is 18.2 Å². The smallest absolute Gasteiger partial charge is 0.334 e. The molecule has 0 unspecified atom stereocenters. The monoisotopic (exact) mass is 446 g/mol. The summed E-state index contributed by atoms with van der Waals surface area (Å²) >= 11 is 21.6. The highest BCUT2D eigenvalue weighted by Gasteiger charge is 2.47. The van der Waals surface area contributed by atoms with Crippen LogP contribution in [0.1, 0.15) is 25.3 Å². The third-order valence-corrected chi connectivity index (χ3v) is 5.84. The Kier molecular flexibility index (Phi) is 4.61. The topological polar surface area (TPSA) is 55.0 Å². The number of hydrogen-bond acceptors (Lipinski definition) is 3. The van der Waals surface area contributed by atoms with Crippen LogP contribution < -0.4 is 4.84 Å². The van der Waals surface area contributed by atoms with Gasteiger partial charge in [-0.05, 0) is 47.8 Å². The number of halogens is 4. The van der Waals surface area contributed by atoms with Crippen molar-refractivity contribution in [2.75, 3.05) is 0 Å². The Morgan fingerprint density at radius 1 is 1.33 bits per heavy atom. The number of hydrogen-bond donors (Lipinski definition) is 0. The van der Waals surface area contributed by atoms with E-state index >= 15 is 0 Å². The Balaban J connectivity index is 2.15. The number of benzene rings is 1. The van der Waals surface area contributed by atoms with Gasteiger partial charge in [0.2, 0.25) is 0 Å². The molecule has 2 aromatic rings. The maximum atomic E-state index is 12.3. The summed E-state index contributed by atoms with van der Waals surface area (Å²) in [7, 11) is 0. The van der Waals surface area contributed by atoms with Crippen LogP contribution in [0.3, 0.4) is 0 Å². The van der Waals surface area contributed by atoms with Gasteiger partial charge in [0.15, 0.2) is 5.15 Å². The van der Waals surface area contributed by atoms with Gasteiger partial charge in [0.1, 0.15) is 17.3 Å². The molecular weight excluding hydrogens is 438 g/mol. The van der Waals surface area contributed by atoms with Crippen molar-refractivity contribution < 1.29 is 9.63 Å². The molecule has 0 bridgehead atoms. The van der Waals surface area contributed by atoms with E-state index in [9.17, 15) is 10.1 Å².